The van der Waals surface area contributed by atoms with Crippen molar-refractivity contribution in [3.8, 4) is 11.8 Å². The minimum atomic E-state index is -0.187. The predicted octanol–water partition coefficient (Wildman–Crippen LogP) is 1.41. The number of methoxy groups -OCH3 is 1. The maximum atomic E-state index is 12.8. The Morgan fingerprint density at radius 3 is 2.72 bits per heavy atom. The highest BCUT2D eigenvalue weighted by Crippen LogP contribution is 2.30. The first-order valence-corrected chi connectivity index (χ1v) is 9.56. The molecule has 3 heterocycles. The van der Waals surface area contributed by atoms with E-state index in [2.05, 4.69) is 9.97 Å². The summed E-state index contributed by atoms with van der Waals surface area (Å²) in [5, 5.41) is 0. The zero-order valence-electron chi connectivity index (χ0n) is 16.2. The van der Waals surface area contributed by atoms with Crippen LogP contribution in [0.15, 0.2) is 42.7 Å². The first kappa shape index (κ1) is 19.0. The minimum absolute atomic E-state index is 0.0546. The Hall–Kier alpha value is -3.36. The predicted molar refractivity (Wildman–Crippen MR) is 105 cm³/mol. The third kappa shape index (κ3) is 4.08. The van der Waals surface area contributed by atoms with E-state index in [9.17, 15) is 9.59 Å². The molecule has 29 heavy (non-hydrogen) atoms. The van der Waals surface area contributed by atoms with Crippen LogP contribution >= 0.6 is 0 Å². The van der Waals surface area contributed by atoms with E-state index in [-0.39, 0.29) is 24.6 Å². The largest absolute Gasteiger partial charge is 0.495 e. The van der Waals surface area contributed by atoms with Gasteiger partial charge in [0.1, 0.15) is 18.4 Å². The van der Waals surface area contributed by atoms with Crippen LogP contribution in [0, 0.1) is 0 Å². The number of hydrogen-bond acceptors (Lipinski definition) is 6. The molecule has 0 N–H and O–H groups in total. The van der Waals surface area contributed by atoms with Crippen LogP contribution in [0.3, 0.4) is 0 Å². The summed E-state index contributed by atoms with van der Waals surface area (Å²) in [5.74, 6) is 0.553. The standard InChI is InChI=1S/C20H23N5O4/c1-28-17-6-3-2-5-16(17)25-12-11-24(20(25)27)14-18(26)23-10-7-15(13-23)29-19-21-8-4-9-22-19/h2-6,8-9,15H,7,10-14H2,1H3. The Labute approximate surface area is 168 Å². The van der Waals surface area contributed by atoms with Gasteiger partial charge < -0.3 is 19.3 Å². The maximum Gasteiger partial charge on any atom is 0.325 e. The summed E-state index contributed by atoms with van der Waals surface area (Å²) in [7, 11) is 1.58. The molecule has 4 rings (SSSR count). The molecular formula is C20H23N5O4. The number of urea groups is 1. The van der Waals surface area contributed by atoms with Gasteiger partial charge in [0.15, 0.2) is 0 Å². The molecule has 1 unspecified atom stereocenters. The van der Waals surface area contributed by atoms with Gasteiger partial charge in [0.25, 0.3) is 0 Å². The second kappa shape index (κ2) is 8.34. The smallest absolute Gasteiger partial charge is 0.325 e. The normalized spacial score (nSPS) is 19.0. The number of nitrogens with zero attached hydrogens (tertiary/aromatic N) is 5. The molecule has 1 aromatic carbocycles. The molecular weight excluding hydrogens is 374 g/mol. The van der Waals surface area contributed by atoms with Gasteiger partial charge in [-0.3, -0.25) is 9.69 Å². The summed E-state index contributed by atoms with van der Waals surface area (Å²) in [5.41, 5.74) is 0.715. The number of hydrogen-bond donors (Lipinski definition) is 0. The van der Waals surface area contributed by atoms with E-state index in [0.717, 1.165) is 0 Å². The Morgan fingerprint density at radius 2 is 1.93 bits per heavy atom. The van der Waals surface area contributed by atoms with Crippen LogP contribution in [-0.2, 0) is 4.79 Å². The second-order valence-corrected chi connectivity index (χ2v) is 6.93. The van der Waals surface area contributed by atoms with Crippen LogP contribution in [0.2, 0.25) is 0 Å². The number of aromatic nitrogens is 2. The van der Waals surface area contributed by atoms with Gasteiger partial charge in [-0.2, -0.15) is 0 Å². The zero-order chi connectivity index (χ0) is 20.2. The summed E-state index contributed by atoms with van der Waals surface area (Å²) in [6.45, 7) is 2.13. The highest BCUT2D eigenvalue weighted by atomic mass is 16.5. The number of carbonyl (C=O) groups is 2. The first-order chi connectivity index (χ1) is 14.2. The van der Waals surface area contributed by atoms with Crippen molar-refractivity contribution < 1.29 is 19.1 Å². The number of carbonyl (C=O) groups excluding carboxylic acids is 2. The molecule has 9 nitrogen and oxygen atoms in total. The molecule has 1 aromatic heterocycles. The Kier molecular flexibility index (Phi) is 5.46. The molecule has 2 aromatic rings. The van der Waals surface area contributed by atoms with E-state index in [0.29, 0.717) is 50.0 Å². The lowest BCUT2D eigenvalue weighted by Gasteiger charge is -2.22. The Balaban J connectivity index is 1.33. The van der Waals surface area contributed by atoms with E-state index in [4.69, 9.17) is 9.47 Å². The van der Waals surface area contributed by atoms with Crippen LogP contribution in [-0.4, -0.2) is 77.6 Å². The van der Waals surface area contributed by atoms with Gasteiger partial charge in [0.05, 0.1) is 19.3 Å². The van der Waals surface area contributed by atoms with Gasteiger partial charge in [-0.25, -0.2) is 14.8 Å². The highest BCUT2D eigenvalue weighted by molar-refractivity contribution is 5.97. The van der Waals surface area contributed by atoms with Crippen molar-refractivity contribution >= 4 is 17.6 Å². The lowest BCUT2D eigenvalue weighted by molar-refractivity contribution is -0.130. The molecule has 0 bridgehead atoms. The number of ether oxygens (including phenoxy) is 2. The Bertz CT molecular complexity index is 878. The van der Waals surface area contributed by atoms with Crippen molar-refractivity contribution in [2.24, 2.45) is 0 Å². The van der Waals surface area contributed by atoms with Gasteiger partial charge in [0.2, 0.25) is 5.91 Å². The molecule has 2 aliphatic rings. The first-order valence-electron chi connectivity index (χ1n) is 9.56. The molecule has 9 heteroatoms. The molecule has 0 saturated carbocycles. The molecule has 0 radical (unpaired) electrons. The molecule has 1 atom stereocenters. The molecule has 0 aliphatic carbocycles. The van der Waals surface area contributed by atoms with Crippen molar-refractivity contribution in [1.29, 1.82) is 0 Å². The average molecular weight is 397 g/mol. The van der Waals surface area contributed by atoms with Gasteiger partial charge in [-0.05, 0) is 18.2 Å². The minimum Gasteiger partial charge on any atom is -0.495 e. The van der Waals surface area contributed by atoms with Crippen LogP contribution in [0.4, 0.5) is 10.5 Å². The van der Waals surface area contributed by atoms with E-state index >= 15 is 0 Å². The SMILES string of the molecule is COc1ccccc1N1CCN(CC(=O)N2CCC(Oc3ncccn3)C2)C1=O. The highest BCUT2D eigenvalue weighted by Gasteiger charge is 2.35. The topological polar surface area (TPSA) is 88.1 Å². The third-order valence-electron chi connectivity index (χ3n) is 5.11. The number of anilines is 1. The number of benzene rings is 1. The van der Waals surface area contributed by atoms with E-state index < -0.39 is 0 Å². The number of likely N-dealkylation sites (tertiary alicyclic amines) is 1. The second-order valence-electron chi connectivity index (χ2n) is 6.93. The maximum absolute atomic E-state index is 12.8. The van der Waals surface area contributed by atoms with Gasteiger partial charge in [-0.1, -0.05) is 12.1 Å². The monoisotopic (exact) mass is 397 g/mol. The molecule has 0 spiro atoms. The summed E-state index contributed by atoms with van der Waals surface area (Å²) in [4.78, 5) is 38.6. The van der Waals surface area contributed by atoms with E-state index in [1.54, 1.807) is 40.3 Å². The number of para-hydroxylation sites is 2. The van der Waals surface area contributed by atoms with Gasteiger partial charge in [0, 0.05) is 38.4 Å². The molecule has 3 amide bonds. The summed E-state index contributed by atoms with van der Waals surface area (Å²) in [6, 6.07) is 9.23. The van der Waals surface area contributed by atoms with Gasteiger partial charge >= 0.3 is 12.0 Å². The molecule has 152 valence electrons. The van der Waals surface area contributed by atoms with Crippen LogP contribution in [0.1, 0.15) is 6.42 Å². The Morgan fingerprint density at radius 1 is 1.14 bits per heavy atom. The third-order valence-corrected chi connectivity index (χ3v) is 5.11. The van der Waals surface area contributed by atoms with Crippen molar-refractivity contribution in [3.63, 3.8) is 0 Å². The average Bonchev–Trinajstić information content (AvgIpc) is 3.36. The summed E-state index contributed by atoms with van der Waals surface area (Å²) < 4.78 is 11.1. The van der Waals surface area contributed by atoms with E-state index in [1.165, 1.54) is 0 Å². The summed E-state index contributed by atoms with van der Waals surface area (Å²) in [6.07, 6.45) is 3.81. The van der Waals surface area contributed by atoms with Crippen LogP contribution in [0.5, 0.6) is 11.8 Å². The van der Waals surface area contributed by atoms with Crippen molar-refractivity contribution in [2.75, 3.05) is 44.7 Å². The number of rotatable bonds is 6. The molecule has 2 fully saturated rings. The quantitative estimate of drug-likeness (QED) is 0.732. The van der Waals surface area contributed by atoms with Crippen LogP contribution in [0.25, 0.3) is 0 Å². The fourth-order valence-corrected chi connectivity index (χ4v) is 3.62. The lowest BCUT2D eigenvalue weighted by atomic mass is 10.2. The van der Waals surface area contributed by atoms with Gasteiger partial charge in [-0.15, -0.1) is 0 Å². The zero-order valence-corrected chi connectivity index (χ0v) is 16.2. The fraction of sp³-hybridized carbons (Fsp3) is 0.400. The van der Waals surface area contributed by atoms with E-state index in [1.807, 2.05) is 24.3 Å². The van der Waals surface area contributed by atoms with Crippen molar-refractivity contribution in [3.05, 3.63) is 42.7 Å². The van der Waals surface area contributed by atoms with Crippen molar-refractivity contribution in [1.82, 2.24) is 19.8 Å². The molecule has 2 saturated heterocycles. The molecule has 2 aliphatic heterocycles. The van der Waals surface area contributed by atoms with Crippen LogP contribution < -0.4 is 14.4 Å². The fourth-order valence-electron chi connectivity index (χ4n) is 3.62. The lowest BCUT2D eigenvalue weighted by Crippen LogP contribution is -2.42. The number of amides is 3. The van der Waals surface area contributed by atoms with Crippen molar-refractivity contribution in [2.45, 2.75) is 12.5 Å². The summed E-state index contributed by atoms with van der Waals surface area (Å²) >= 11 is 0.